The number of piperidine rings is 1. The number of nitrogens with zero attached hydrogens (tertiary/aromatic N) is 3. The molecule has 0 radical (unpaired) electrons. The second kappa shape index (κ2) is 10.6. The fraction of sp³-hybridized carbons (Fsp3) is 0.320. The Morgan fingerprint density at radius 3 is 2.35 bits per heavy atom. The topological polar surface area (TPSA) is 76.5 Å². The number of hydrogen-bond acceptors (Lipinski definition) is 5. The van der Waals surface area contributed by atoms with Crippen LogP contribution in [-0.2, 0) is 10.9 Å². The Bertz CT molecular complexity index is 1330. The number of ether oxygens (including phenoxy) is 1. The van der Waals surface area contributed by atoms with Crippen LogP contribution in [0.4, 0.5) is 32.6 Å². The minimum atomic E-state index is -4.58. The van der Waals surface area contributed by atoms with Crippen molar-refractivity contribution < 1.29 is 31.5 Å². The first-order valence-corrected chi connectivity index (χ1v) is 11.5. The second-order valence-electron chi connectivity index (χ2n) is 8.41. The Labute approximate surface area is 208 Å². The molecule has 1 aromatic heterocycles. The predicted octanol–water partition coefficient (Wildman–Crippen LogP) is 4.91. The second-order valence-corrected chi connectivity index (χ2v) is 8.41. The molecular formula is C25H23F5N4O3. The molecule has 12 heteroatoms. The van der Waals surface area contributed by atoms with Crippen LogP contribution in [0.25, 0.3) is 17.1 Å². The molecule has 1 N–H and O–H groups in total. The minimum absolute atomic E-state index is 0.0353. The number of carbonyl (C=O) groups is 1. The van der Waals surface area contributed by atoms with Crippen LogP contribution in [0.15, 0.2) is 53.3 Å². The van der Waals surface area contributed by atoms with Gasteiger partial charge in [0.05, 0.1) is 23.4 Å². The molecular weight excluding hydrogens is 499 g/mol. The largest absolute Gasteiger partial charge is 0.450 e. The Balaban J connectivity index is 1.71. The molecule has 4 rings (SSSR count). The van der Waals surface area contributed by atoms with Crippen LogP contribution in [0.5, 0.6) is 0 Å². The van der Waals surface area contributed by atoms with Crippen molar-refractivity contribution in [1.82, 2.24) is 14.9 Å². The quantitative estimate of drug-likeness (QED) is 0.482. The van der Waals surface area contributed by atoms with E-state index in [4.69, 9.17) is 4.74 Å². The molecule has 7 nitrogen and oxygen atoms in total. The summed E-state index contributed by atoms with van der Waals surface area (Å²) in [6, 6.07) is 7.61. The van der Waals surface area contributed by atoms with Gasteiger partial charge in [-0.25, -0.2) is 18.6 Å². The molecule has 0 saturated carbocycles. The molecule has 0 spiro atoms. The summed E-state index contributed by atoms with van der Waals surface area (Å²) in [6.45, 7) is 2.77. The van der Waals surface area contributed by atoms with Crippen LogP contribution < -0.4 is 15.8 Å². The summed E-state index contributed by atoms with van der Waals surface area (Å²) in [5.41, 5.74) is -1.73. The van der Waals surface area contributed by atoms with Crippen LogP contribution in [0.1, 0.15) is 25.3 Å². The van der Waals surface area contributed by atoms with E-state index < -0.39 is 35.0 Å². The lowest BCUT2D eigenvalue weighted by atomic mass is 10.1. The standard InChI is InChI=1S/C25H23F5N4O3/c1-2-37-24(36)31-17-9-11-33(12-10-17)21-14-22(35)34(18-6-3-15(4-7-18)25(28,29)30)23(32-21)19-8-5-16(26)13-20(19)27/h3-8,13-14,17H,2,9-12H2,1H3,(H,31,36). The molecule has 37 heavy (non-hydrogen) atoms. The third-order valence-electron chi connectivity index (χ3n) is 5.95. The lowest BCUT2D eigenvalue weighted by molar-refractivity contribution is -0.137. The van der Waals surface area contributed by atoms with Gasteiger partial charge in [-0.15, -0.1) is 0 Å². The molecule has 2 aromatic carbocycles. The van der Waals surface area contributed by atoms with E-state index in [1.165, 1.54) is 6.07 Å². The van der Waals surface area contributed by atoms with E-state index in [9.17, 15) is 31.5 Å². The highest BCUT2D eigenvalue weighted by atomic mass is 19.4. The van der Waals surface area contributed by atoms with Gasteiger partial charge < -0.3 is 15.0 Å². The highest BCUT2D eigenvalue weighted by molar-refractivity contribution is 5.67. The van der Waals surface area contributed by atoms with E-state index >= 15 is 0 Å². The van der Waals surface area contributed by atoms with Gasteiger partial charge in [-0.3, -0.25) is 9.36 Å². The Morgan fingerprint density at radius 1 is 1.08 bits per heavy atom. The van der Waals surface area contributed by atoms with Gasteiger partial charge in [0.15, 0.2) is 5.82 Å². The van der Waals surface area contributed by atoms with Crippen LogP contribution in [0, 0.1) is 11.6 Å². The first-order chi connectivity index (χ1) is 17.6. The van der Waals surface area contributed by atoms with Gasteiger partial charge in [-0.1, -0.05) is 0 Å². The maximum absolute atomic E-state index is 14.8. The molecule has 0 atom stereocenters. The first kappa shape index (κ1) is 26.1. The zero-order chi connectivity index (χ0) is 26.7. The number of alkyl halides is 3. The van der Waals surface area contributed by atoms with Crippen molar-refractivity contribution >= 4 is 11.9 Å². The maximum Gasteiger partial charge on any atom is 0.416 e. The lowest BCUT2D eigenvalue weighted by Gasteiger charge is -2.33. The van der Waals surface area contributed by atoms with Gasteiger partial charge in [-0.2, -0.15) is 13.2 Å². The number of alkyl carbamates (subject to hydrolysis) is 1. The average Bonchev–Trinajstić information content (AvgIpc) is 2.84. The monoisotopic (exact) mass is 522 g/mol. The summed E-state index contributed by atoms with van der Waals surface area (Å²) < 4.78 is 73.3. The number of nitrogens with one attached hydrogen (secondary N) is 1. The Hall–Kier alpha value is -3.96. The molecule has 196 valence electrons. The molecule has 1 fully saturated rings. The van der Waals surface area contributed by atoms with Gasteiger partial charge in [0.2, 0.25) is 0 Å². The van der Waals surface area contributed by atoms with Crippen molar-refractivity contribution in [2.24, 2.45) is 0 Å². The van der Waals surface area contributed by atoms with E-state index in [2.05, 4.69) is 10.3 Å². The number of anilines is 1. The fourth-order valence-corrected chi connectivity index (χ4v) is 4.12. The highest BCUT2D eigenvalue weighted by Crippen LogP contribution is 2.31. The predicted molar refractivity (Wildman–Crippen MR) is 126 cm³/mol. The maximum atomic E-state index is 14.8. The van der Waals surface area contributed by atoms with E-state index in [0.29, 0.717) is 32.0 Å². The zero-order valence-electron chi connectivity index (χ0n) is 19.7. The van der Waals surface area contributed by atoms with E-state index in [1.54, 1.807) is 11.8 Å². The molecule has 0 aliphatic carbocycles. The van der Waals surface area contributed by atoms with Crippen LogP contribution in [-0.4, -0.2) is 41.4 Å². The summed E-state index contributed by atoms with van der Waals surface area (Å²) in [5, 5.41) is 2.76. The van der Waals surface area contributed by atoms with Gasteiger partial charge in [0.1, 0.15) is 17.5 Å². The van der Waals surface area contributed by atoms with Gasteiger partial charge >= 0.3 is 12.3 Å². The van der Waals surface area contributed by atoms with Gasteiger partial charge in [0, 0.05) is 31.3 Å². The van der Waals surface area contributed by atoms with Crippen molar-refractivity contribution in [3.63, 3.8) is 0 Å². The van der Waals surface area contributed by atoms with Crippen LogP contribution >= 0.6 is 0 Å². The summed E-state index contributed by atoms with van der Waals surface area (Å²) in [4.78, 5) is 31.2. The molecule has 1 saturated heterocycles. The third kappa shape index (κ3) is 5.89. The highest BCUT2D eigenvalue weighted by Gasteiger charge is 2.30. The number of aromatic nitrogens is 2. The average molecular weight is 522 g/mol. The Morgan fingerprint density at radius 2 is 1.76 bits per heavy atom. The number of halogens is 5. The fourth-order valence-electron chi connectivity index (χ4n) is 4.12. The van der Waals surface area contributed by atoms with Crippen molar-refractivity contribution in [2.45, 2.75) is 32.0 Å². The van der Waals surface area contributed by atoms with E-state index in [-0.39, 0.29) is 35.5 Å². The molecule has 3 aromatic rings. The number of rotatable bonds is 5. The van der Waals surface area contributed by atoms with E-state index in [0.717, 1.165) is 41.0 Å². The van der Waals surface area contributed by atoms with E-state index in [1.807, 2.05) is 0 Å². The summed E-state index contributed by atoms with van der Waals surface area (Å²) in [6.07, 6.45) is -4.04. The third-order valence-corrected chi connectivity index (χ3v) is 5.95. The van der Waals surface area contributed by atoms with Crippen molar-refractivity contribution in [3.05, 3.63) is 76.1 Å². The molecule has 1 aliphatic rings. The number of amides is 1. The molecule has 1 aliphatic heterocycles. The Kier molecular flexibility index (Phi) is 7.46. The van der Waals surface area contributed by atoms with Crippen molar-refractivity contribution in [3.8, 4) is 17.1 Å². The first-order valence-electron chi connectivity index (χ1n) is 11.5. The zero-order valence-corrected chi connectivity index (χ0v) is 19.7. The summed E-state index contributed by atoms with van der Waals surface area (Å²) >= 11 is 0. The minimum Gasteiger partial charge on any atom is -0.450 e. The summed E-state index contributed by atoms with van der Waals surface area (Å²) in [5.74, 6) is -1.79. The molecule has 1 amide bonds. The van der Waals surface area contributed by atoms with Gasteiger partial charge in [0.25, 0.3) is 5.56 Å². The van der Waals surface area contributed by atoms with Crippen molar-refractivity contribution in [2.75, 3.05) is 24.6 Å². The van der Waals surface area contributed by atoms with Gasteiger partial charge in [-0.05, 0) is 56.2 Å². The SMILES string of the molecule is CCOC(=O)NC1CCN(c2cc(=O)n(-c3ccc(C(F)(F)F)cc3)c(-c3ccc(F)cc3F)n2)CC1. The smallest absolute Gasteiger partial charge is 0.416 e. The van der Waals surface area contributed by atoms with Crippen molar-refractivity contribution in [1.29, 1.82) is 0 Å². The molecule has 0 unspecified atom stereocenters. The number of benzene rings is 2. The molecule has 2 heterocycles. The lowest BCUT2D eigenvalue weighted by Crippen LogP contribution is -2.45. The van der Waals surface area contributed by atoms with Crippen LogP contribution in [0.3, 0.4) is 0 Å². The number of carbonyl (C=O) groups excluding carboxylic acids is 1. The summed E-state index contributed by atoms with van der Waals surface area (Å²) in [7, 11) is 0. The number of hydrogen-bond donors (Lipinski definition) is 1. The normalized spacial score (nSPS) is 14.5. The van der Waals surface area contributed by atoms with Crippen LogP contribution in [0.2, 0.25) is 0 Å². The molecule has 0 bridgehead atoms.